The van der Waals surface area contributed by atoms with E-state index in [1.54, 1.807) is 12.1 Å². The second-order valence-electron chi connectivity index (χ2n) is 4.29. The highest BCUT2D eigenvalue weighted by Gasteiger charge is 2.08. The molecular weight excluding hydrogens is 246 g/mol. The van der Waals surface area contributed by atoms with Crippen molar-refractivity contribution in [3.8, 4) is 5.75 Å². The molecule has 0 saturated heterocycles. The topological polar surface area (TPSA) is 78.5 Å². The Morgan fingerprint density at radius 3 is 2.47 bits per heavy atom. The highest BCUT2D eigenvalue weighted by atomic mass is 16.5. The van der Waals surface area contributed by atoms with Crippen molar-refractivity contribution in [3.05, 3.63) is 29.8 Å². The molecule has 1 N–H and O–H groups in total. The Kier molecular flexibility index (Phi) is 5.85. The first-order chi connectivity index (χ1) is 9.02. The molecular formula is C14H18NO4-. The molecule has 5 heteroatoms. The first kappa shape index (κ1) is 15.0. The number of hydrogen-bond acceptors (Lipinski definition) is 4. The number of carboxylic acid groups (broad SMARTS) is 1. The van der Waals surface area contributed by atoms with E-state index >= 15 is 0 Å². The fourth-order valence-electron chi connectivity index (χ4n) is 1.53. The van der Waals surface area contributed by atoms with Crippen molar-refractivity contribution in [2.24, 2.45) is 0 Å². The molecule has 0 unspecified atom stereocenters. The highest BCUT2D eigenvalue weighted by molar-refractivity contribution is 5.83. The summed E-state index contributed by atoms with van der Waals surface area (Å²) in [6.07, 6.45) is 2.08. The molecule has 0 heterocycles. The number of aliphatic carboxylic acids is 1. The van der Waals surface area contributed by atoms with Crippen LogP contribution >= 0.6 is 0 Å². The van der Waals surface area contributed by atoms with E-state index in [9.17, 15) is 14.7 Å². The van der Waals surface area contributed by atoms with Gasteiger partial charge in [-0.1, -0.05) is 25.5 Å². The second-order valence-corrected chi connectivity index (χ2v) is 4.29. The monoisotopic (exact) mass is 264 g/mol. The number of carbonyl (C=O) groups excluding carboxylic acids is 2. The van der Waals surface area contributed by atoms with Gasteiger partial charge < -0.3 is 20.0 Å². The van der Waals surface area contributed by atoms with E-state index in [4.69, 9.17) is 4.74 Å². The standard InChI is InChI=1S/C14H19NO4/c1-3-4-11-5-7-12(8-6-11)19-9-13(16)15-10(2)14(17)18/h5-8,10H,3-4,9H2,1-2H3,(H,15,16)(H,17,18)/p-1/t10-/m1/s1. The van der Waals surface area contributed by atoms with E-state index in [0.717, 1.165) is 12.8 Å². The molecule has 0 aliphatic carbocycles. The van der Waals surface area contributed by atoms with Crippen LogP contribution in [0, 0.1) is 0 Å². The van der Waals surface area contributed by atoms with E-state index in [0.29, 0.717) is 5.75 Å². The van der Waals surface area contributed by atoms with Gasteiger partial charge in [0.1, 0.15) is 5.75 Å². The number of nitrogens with one attached hydrogen (secondary N) is 1. The minimum absolute atomic E-state index is 0.218. The van der Waals surface area contributed by atoms with E-state index in [1.807, 2.05) is 12.1 Å². The molecule has 0 aliphatic heterocycles. The fourth-order valence-corrected chi connectivity index (χ4v) is 1.53. The normalized spacial score (nSPS) is 11.7. The van der Waals surface area contributed by atoms with Gasteiger partial charge in [-0.3, -0.25) is 4.79 Å². The van der Waals surface area contributed by atoms with Crippen LogP contribution in [0.25, 0.3) is 0 Å². The van der Waals surface area contributed by atoms with Crippen LogP contribution in [0.4, 0.5) is 0 Å². The number of amides is 1. The Morgan fingerprint density at radius 2 is 1.95 bits per heavy atom. The summed E-state index contributed by atoms with van der Waals surface area (Å²) in [5.74, 6) is -1.23. The molecule has 1 aromatic carbocycles. The maximum absolute atomic E-state index is 11.4. The molecule has 0 spiro atoms. The van der Waals surface area contributed by atoms with Crippen LogP contribution in [0.3, 0.4) is 0 Å². The van der Waals surface area contributed by atoms with Gasteiger partial charge in [-0.25, -0.2) is 0 Å². The lowest BCUT2D eigenvalue weighted by Crippen LogP contribution is -2.47. The maximum atomic E-state index is 11.4. The lowest BCUT2D eigenvalue weighted by molar-refractivity contribution is -0.307. The smallest absolute Gasteiger partial charge is 0.258 e. The predicted octanol–water partition coefficient (Wildman–Crippen LogP) is 0.272. The van der Waals surface area contributed by atoms with Gasteiger partial charge in [-0.2, -0.15) is 0 Å². The van der Waals surface area contributed by atoms with Crippen LogP contribution in [0.2, 0.25) is 0 Å². The van der Waals surface area contributed by atoms with E-state index in [-0.39, 0.29) is 6.61 Å². The molecule has 0 aliphatic rings. The number of ether oxygens (including phenoxy) is 1. The second kappa shape index (κ2) is 7.41. The minimum Gasteiger partial charge on any atom is -0.548 e. The first-order valence-electron chi connectivity index (χ1n) is 6.25. The van der Waals surface area contributed by atoms with Crippen LogP contribution in [-0.4, -0.2) is 24.5 Å². The molecule has 5 nitrogen and oxygen atoms in total. The zero-order valence-electron chi connectivity index (χ0n) is 11.1. The van der Waals surface area contributed by atoms with Gasteiger partial charge in [0.05, 0.1) is 12.0 Å². The molecule has 0 bridgehead atoms. The predicted molar refractivity (Wildman–Crippen MR) is 68.5 cm³/mol. The molecule has 1 atom stereocenters. The Balaban J connectivity index is 2.39. The SMILES string of the molecule is CCCc1ccc(OCC(=O)N[C@H](C)C(=O)[O-])cc1. The van der Waals surface area contributed by atoms with Gasteiger partial charge in [-0.05, 0) is 31.0 Å². The van der Waals surface area contributed by atoms with Crippen molar-refractivity contribution in [3.63, 3.8) is 0 Å². The van der Waals surface area contributed by atoms with E-state index < -0.39 is 17.9 Å². The summed E-state index contributed by atoms with van der Waals surface area (Å²) in [6, 6.07) is 6.45. The molecule has 1 rings (SSSR count). The zero-order valence-corrected chi connectivity index (χ0v) is 11.1. The highest BCUT2D eigenvalue weighted by Crippen LogP contribution is 2.13. The van der Waals surface area contributed by atoms with Gasteiger partial charge in [0, 0.05) is 0 Å². The van der Waals surface area contributed by atoms with Crippen molar-refractivity contribution >= 4 is 11.9 Å². The van der Waals surface area contributed by atoms with Gasteiger partial charge in [-0.15, -0.1) is 0 Å². The molecule has 19 heavy (non-hydrogen) atoms. The third-order valence-electron chi connectivity index (χ3n) is 2.56. The third-order valence-corrected chi connectivity index (χ3v) is 2.56. The molecule has 0 saturated carbocycles. The van der Waals surface area contributed by atoms with E-state index in [1.165, 1.54) is 12.5 Å². The number of carboxylic acids is 1. The lowest BCUT2D eigenvalue weighted by atomic mass is 10.1. The van der Waals surface area contributed by atoms with Crippen LogP contribution < -0.4 is 15.2 Å². The molecule has 0 radical (unpaired) electrons. The Morgan fingerprint density at radius 1 is 1.32 bits per heavy atom. The number of rotatable bonds is 7. The number of hydrogen-bond donors (Lipinski definition) is 1. The molecule has 104 valence electrons. The largest absolute Gasteiger partial charge is 0.548 e. The molecule has 1 amide bonds. The zero-order chi connectivity index (χ0) is 14.3. The van der Waals surface area contributed by atoms with E-state index in [2.05, 4.69) is 12.2 Å². The summed E-state index contributed by atoms with van der Waals surface area (Å²) >= 11 is 0. The summed E-state index contributed by atoms with van der Waals surface area (Å²) in [7, 11) is 0. The van der Waals surface area contributed by atoms with Crippen molar-refractivity contribution in [2.75, 3.05) is 6.61 Å². The van der Waals surface area contributed by atoms with Crippen molar-refractivity contribution in [2.45, 2.75) is 32.7 Å². The summed E-state index contributed by atoms with van der Waals surface area (Å²) in [6.45, 7) is 3.23. The summed E-state index contributed by atoms with van der Waals surface area (Å²) in [5.41, 5.74) is 1.21. The van der Waals surface area contributed by atoms with Crippen molar-refractivity contribution in [1.29, 1.82) is 0 Å². The Hall–Kier alpha value is -2.04. The van der Waals surface area contributed by atoms with Gasteiger partial charge in [0.15, 0.2) is 6.61 Å². The number of aryl methyl sites for hydroxylation is 1. The molecule has 1 aromatic rings. The summed E-state index contributed by atoms with van der Waals surface area (Å²) < 4.78 is 5.26. The maximum Gasteiger partial charge on any atom is 0.258 e. The fraction of sp³-hybridized carbons (Fsp3) is 0.429. The van der Waals surface area contributed by atoms with Crippen LogP contribution in [0.5, 0.6) is 5.75 Å². The molecule has 0 aromatic heterocycles. The van der Waals surface area contributed by atoms with Crippen molar-refractivity contribution in [1.82, 2.24) is 5.32 Å². The minimum atomic E-state index is -1.32. The quantitative estimate of drug-likeness (QED) is 0.767. The number of benzene rings is 1. The number of carbonyl (C=O) groups is 2. The summed E-state index contributed by atoms with van der Waals surface area (Å²) in [4.78, 5) is 21.8. The van der Waals surface area contributed by atoms with Crippen LogP contribution in [-0.2, 0) is 16.0 Å². The van der Waals surface area contributed by atoms with Crippen LogP contribution in [0.1, 0.15) is 25.8 Å². The summed E-state index contributed by atoms with van der Waals surface area (Å²) in [5, 5.41) is 12.7. The van der Waals surface area contributed by atoms with Crippen LogP contribution in [0.15, 0.2) is 24.3 Å². The van der Waals surface area contributed by atoms with Gasteiger partial charge in [0.25, 0.3) is 5.91 Å². The average Bonchev–Trinajstić information content (AvgIpc) is 2.38. The Labute approximate surface area is 112 Å². The molecule has 0 fully saturated rings. The lowest BCUT2D eigenvalue weighted by Gasteiger charge is -2.14. The van der Waals surface area contributed by atoms with Gasteiger partial charge >= 0.3 is 0 Å². The van der Waals surface area contributed by atoms with Gasteiger partial charge in [0.2, 0.25) is 0 Å². The third kappa shape index (κ3) is 5.42. The van der Waals surface area contributed by atoms with Crippen molar-refractivity contribution < 1.29 is 19.4 Å². The first-order valence-corrected chi connectivity index (χ1v) is 6.25. The average molecular weight is 264 g/mol. The Bertz CT molecular complexity index is 428.